The Hall–Kier alpha value is -7.04. The minimum atomic E-state index is -2.38. The molecule has 0 bridgehead atoms. The van der Waals surface area contributed by atoms with Crippen molar-refractivity contribution in [2.75, 3.05) is 0 Å². The Morgan fingerprint density at radius 3 is 1.95 bits per heavy atom. The van der Waals surface area contributed by atoms with Crippen LogP contribution in [0.1, 0.15) is 47.5 Å². The number of fused-ring (bicyclic) bond motifs is 1. The Morgan fingerprint density at radius 1 is 0.569 bits per heavy atom. The zero-order chi connectivity index (χ0) is 43.3. The number of phenols is 1. The van der Waals surface area contributed by atoms with E-state index in [1.807, 2.05) is 136 Å². The van der Waals surface area contributed by atoms with Crippen molar-refractivity contribution in [2.24, 2.45) is 0 Å². The topological polar surface area (TPSA) is 50.9 Å². The molecule has 0 aliphatic rings. The Balaban J connectivity index is 1.29. The van der Waals surface area contributed by atoms with Gasteiger partial charge in [-0.15, -0.1) is 0 Å². The van der Waals surface area contributed by atoms with Crippen molar-refractivity contribution in [3.8, 4) is 78.6 Å². The summed E-state index contributed by atoms with van der Waals surface area (Å²) >= 11 is 0. The molecule has 9 rings (SSSR count). The normalized spacial score (nSPS) is 12.8. The molecule has 282 valence electrons. The molecular formula is C54H45N3O. The summed E-state index contributed by atoms with van der Waals surface area (Å²) in [5.74, 6) is -0.0875. The molecule has 0 radical (unpaired) electrons. The summed E-state index contributed by atoms with van der Waals surface area (Å²) in [6, 6.07) is 54.2. The van der Waals surface area contributed by atoms with E-state index in [1.165, 1.54) is 0 Å². The second-order valence-corrected chi connectivity index (χ2v) is 15.2. The van der Waals surface area contributed by atoms with Crippen LogP contribution in [0.2, 0.25) is 0 Å². The average molecular weight is 756 g/mol. The van der Waals surface area contributed by atoms with Crippen molar-refractivity contribution in [1.29, 1.82) is 0 Å². The molecule has 0 aliphatic heterocycles. The van der Waals surface area contributed by atoms with Gasteiger partial charge in [-0.3, -0.25) is 9.55 Å². The van der Waals surface area contributed by atoms with Crippen molar-refractivity contribution >= 4 is 11.0 Å². The summed E-state index contributed by atoms with van der Waals surface area (Å²) in [5, 5.41) is 11.7. The highest BCUT2D eigenvalue weighted by molar-refractivity contribution is 5.98. The lowest BCUT2D eigenvalue weighted by Crippen LogP contribution is -2.00. The van der Waals surface area contributed by atoms with E-state index in [-0.39, 0.29) is 11.3 Å². The third-order valence-electron chi connectivity index (χ3n) is 10.9. The summed E-state index contributed by atoms with van der Waals surface area (Å²) in [6.45, 7) is 5.26. The van der Waals surface area contributed by atoms with E-state index in [9.17, 15) is 5.11 Å². The van der Waals surface area contributed by atoms with Crippen LogP contribution in [0.25, 0.3) is 83.9 Å². The number of aryl methyl sites for hydroxylation is 3. The van der Waals surface area contributed by atoms with E-state index in [4.69, 9.17) is 15.5 Å². The van der Waals surface area contributed by atoms with Gasteiger partial charge in [-0.05, 0) is 142 Å². The first-order valence-electron chi connectivity index (χ1n) is 21.5. The predicted molar refractivity (Wildman–Crippen MR) is 241 cm³/mol. The van der Waals surface area contributed by atoms with Crippen molar-refractivity contribution in [1.82, 2.24) is 14.5 Å². The number of pyridine rings is 1. The van der Waals surface area contributed by atoms with Crippen molar-refractivity contribution in [2.45, 2.75) is 40.4 Å². The maximum atomic E-state index is 11.7. The molecular weight excluding hydrogens is 707 g/mol. The van der Waals surface area contributed by atoms with Gasteiger partial charge < -0.3 is 5.11 Å². The summed E-state index contributed by atoms with van der Waals surface area (Å²) < 4.78 is 36.0. The molecule has 9 aromatic rings. The van der Waals surface area contributed by atoms with Crippen molar-refractivity contribution in [3.63, 3.8) is 0 Å². The van der Waals surface area contributed by atoms with E-state index in [0.717, 1.165) is 72.4 Å². The Morgan fingerprint density at radius 2 is 1.24 bits per heavy atom. The van der Waals surface area contributed by atoms with E-state index in [1.54, 1.807) is 12.1 Å². The number of aromatic nitrogens is 3. The van der Waals surface area contributed by atoms with E-state index >= 15 is 0 Å². The summed E-state index contributed by atoms with van der Waals surface area (Å²) in [7, 11) is 0. The van der Waals surface area contributed by atoms with E-state index < -0.39 is 12.7 Å². The quantitative estimate of drug-likeness (QED) is 0.168. The molecule has 1 N–H and O–H groups in total. The van der Waals surface area contributed by atoms with Crippen LogP contribution in [0.5, 0.6) is 5.75 Å². The highest BCUT2D eigenvalue weighted by Gasteiger charge is 2.22. The van der Waals surface area contributed by atoms with E-state index in [0.29, 0.717) is 28.2 Å². The molecule has 0 spiro atoms. The third-order valence-corrected chi connectivity index (χ3v) is 10.9. The molecule has 4 heteroatoms. The van der Waals surface area contributed by atoms with Crippen LogP contribution in [-0.4, -0.2) is 19.6 Å². The van der Waals surface area contributed by atoms with Crippen LogP contribution in [0.3, 0.4) is 0 Å². The van der Waals surface area contributed by atoms with Gasteiger partial charge in [0.2, 0.25) is 0 Å². The highest BCUT2D eigenvalue weighted by atomic mass is 16.3. The number of hydrogen-bond donors (Lipinski definition) is 1. The number of phenolic OH excluding ortho intramolecular Hbond substituents is 1. The molecule has 4 nitrogen and oxygen atoms in total. The molecule has 0 saturated heterocycles. The number of imidazole rings is 1. The second kappa shape index (κ2) is 15.1. The zero-order valence-corrected chi connectivity index (χ0v) is 33.0. The number of hydrogen-bond acceptors (Lipinski definition) is 3. The summed E-state index contributed by atoms with van der Waals surface area (Å²) in [4.78, 5) is 10.3. The first kappa shape index (κ1) is 32.1. The van der Waals surface area contributed by atoms with Crippen LogP contribution >= 0.6 is 0 Å². The Kier molecular flexibility index (Phi) is 8.37. The fraction of sp³-hybridized carbons (Fsp3) is 0.111. The lowest BCUT2D eigenvalue weighted by atomic mass is 9.93. The first-order valence-corrected chi connectivity index (χ1v) is 19.5. The lowest BCUT2D eigenvalue weighted by Gasteiger charge is -2.15. The molecule has 0 atom stereocenters. The predicted octanol–water partition coefficient (Wildman–Crippen LogP) is 14.2. The van der Waals surface area contributed by atoms with Crippen LogP contribution in [0, 0.1) is 20.7 Å². The standard InChI is InChI=1S/C54H45N3O/c1-34(2)38-19-21-41(22-20-38)42-23-24-55-50(33-42)46-30-44(40-15-10-7-11-16-40)29-45(31-46)48-17-12-18-51-52(48)56-54(49-28-35(3)25-37(5)53(49)58)57(51)47-27-36(4)26-43(32-47)39-13-8-6-9-14-39/h6-34,58H,1-5H3/i4D3,34D. The van der Waals surface area contributed by atoms with Crippen molar-refractivity contribution in [3.05, 3.63) is 192 Å². The van der Waals surface area contributed by atoms with Gasteiger partial charge in [-0.25, -0.2) is 4.98 Å². The highest BCUT2D eigenvalue weighted by Crippen LogP contribution is 2.41. The van der Waals surface area contributed by atoms with Crippen molar-refractivity contribution < 1.29 is 10.6 Å². The van der Waals surface area contributed by atoms with Gasteiger partial charge in [0, 0.05) is 28.5 Å². The molecule has 0 amide bonds. The fourth-order valence-electron chi connectivity index (χ4n) is 7.93. The molecule has 2 aromatic heterocycles. The Bertz CT molecular complexity index is 3110. The molecule has 0 aliphatic carbocycles. The van der Waals surface area contributed by atoms with Gasteiger partial charge in [0.15, 0.2) is 0 Å². The minimum Gasteiger partial charge on any atom is -0.507 e. The molecule has 2 heterocycles. The molecule has 0 saturated carbocycles. The monoisotopic (exact) mass is 755 g/mol. The number of nitrogens with zero attached hydrogens (tertiary/aromatic N) is 3. The van der Waals surface area contributed by atoms with Crippen LogP contribution in [-0.2, 0) is 0 Å². The van der Waals surface area contributed by atoms with Gasteiger partial charge >= 0.3 is 0 Å². The summed E-state index contributed by atoms with van der Waals surface area (Å²) in [5.41, 5.74) is 14.7. The molecule has 0 unspecified atom stereocenters. The number of aromatic hydroxyl groups is 1. The van der Waals surface area contributed by atoms with Crippen LogP contribution in [0.4, 0.5) is 0 Å². The Labute approximate surface area is 346 Å². The van der Waals surface area contributed by atoms with Crippen LogP contribution in [0.15, 0.2) is 170 Å². The first-order chi connectivity index (χ1) is 29.7. The summed E-state index contributed by atoms with van der Waals surface area (Å²) in [6.07, 6.45) is 1.84. The maximum absolute atomic E-state index is 11.7. The number of para-hydroxylation sites is 1. The smallest absolute Gasteiger partial charge is 0.149 e. The third kappa shape index (κ3) is 6.99. The zero-order valence-electron chi connectivity index (χ0n) is 37.0. The minimum absolute atomic E-state index is 0.112. The SMILES string of the molecule is [2H]C([2H])([2H])c1cc(-c2ccccc2)cc(-n2c(-c3cc(C)cc(C)c3O)nc3c(-c4cc(-c5ccccc5)cc(-c5cc(-c6ccc(C([2H])(C)C)cc6)ccn5)c4)cccc32)c1. The van der Waals surface area contributed by atoms with Gasteiger partial charge in [-0.2, -0.15) is 0 Å². The van der Waals surface area contributed by atoms with Gasteiger partial charge in [0.1, 0.15) is 11.6 Å². The average Bonchev–Trinajstić information content (AvgIpc) is 3.67. The van der Waals surface area contributed by atoms with Gasteiger partial charge in [-0.1, -0.05) is 123 Å². The van der Waals surface area contributed by atoms with Gasteiger partial charge in [0.25, 0.3) is 0 Å². The largest absolute Gasteiger partial charge is 0.507 e. The molecule has 58 heavy (non-hydrogen) atoms. The maximum Gasteiger partial charge on any atom is 0.149 e. The molecule has 7 aromatic carbocycles. The second-order valence-electron chi connectivity index (χ2n) is 15.2. The van der Waals surface area contributed by atoms with E-state index in [2.05, 4.69) is 54.6 Å². The molecule has 0 fully saturated rings. The fourth-order valence-corrected chi connectivity index (χ4v) is 7.93. The van der Waals surface area contributed by atoms with Crippen LogP contribution < -0.4 is 0 Å². The van der Waals surface area contributed by atoms with Gasteiger partial charge in [0.05, 0.1) is 22.3 Å². The number of benzene rings is 7. The number of rotatable bonds is 8. The lowest BCUT2D eigenvalue weighted by molar-refractivity contribution is 0.472.